The van der Waals surface area contributed by atoms with Gasteiger partial charge in [-0.3, -0.25) is 0 Å². The van der Waals surface area contributed by atoms with Crippen LogP contribution in [0.5, 0.6) is 0 Å². The fraction of sp³-hybridized carbons (Fsp3) is 0.947. The number of likely N-dealkylation sites (tertiary alicyclic amines) is 1. The molecule has 2 aliphatic heterocycles. The summed E-state index contributed by atoms with van der Waals surface area (Å²) in [6.45, 7) is 8.48. The third kappa shape index (κ3) is 4.63. The van der Waals surface area contributed by atoms with Gasteiger partial charge in [0.15, 0.2) is 0 Å². The first kappa shape index (κ1) is 18.0. The van der Waals surface area contributed by atoms with E-state index in [-0.39, 0.29) is 6.09 Å². The second-order valence-corrected chi connectivity index (χ2v) is 8.71. The predicted octanol–water partition coefficient (Wildman–Crippen LogP) is 3.32. The number of ether oxygens (including phenoxy) is 2. The second-order valence-electron chi connectivity index (χ2n) is 8.71. The summed E-state index contributed by atoms with van der Waals surface area (Å²) < 4.78 is 11.1. The molecule has 2 saturated heterocycles. The number of hydrogen-bond donors (Lipinski definition) is 1. The van der Waals surface area contributed by atoms with Crippen LogP contribution in [0, 0.1) is 5.92 Å². The highest BCUT2D eigenvalue weighted by Gasteiger charge is 2.40. The van der Waals surface area contributed by atoms with Gasteiger partial charge in [0.2, 0.25) is 0 Å². The van der Waals surface area contributed by atoms with Crippen molar-refractivity contribution in [3.05, 3.63) is 0 Å². The van der Waals surface area contributed by atoms with Crippen molar-refractivity contribution in [2.75, 3.05) is 19.8 Å². The first-order valence-electron chi connectivity index (χ1n) is 9.76. The van der Waals surface area contributed by atoms with Crippen LogP contribution >= 0.6 is 0 Å². The topological polar surface area (TPSA) is 50.8 Å². The number of rotatable bonds is 2. The van der Waals surface area contributed by atoms with E-state index in [2.05, 4.69) is 5.32 Å². The molecule has 3 fully saturated rings. The summed E-state index contributed by atoms with van der Waals surface area (Å²) in [7, 11) is 0. The minimum absolute atomic E-state index is 0.118. The van der Waals surface area contributed by atoms with Gasteiger partial charge < -0.3 is 19.7 Å². The molecule has 3 atom stereocenters. The maximum absolute atomic E-state index is 12.5. The van der Waals surface area contributed by atoms with E-state index in [1.807, 2.05) is 25.7 Å². The van der Waals surface area contributed by atoms with Gasteiger partial charge in [-0.1, -0.05) is 0 Å². The number of amides is 1. The lowest BCUT2D eigenvalue weighted by molar-refractivity contribution is -0.0115. The highest BCUT2D eigenvalue weighted by molar-refractivity contribution is 5.68. The Morgan fingerprint density at radius 2 is 1.83 bits per heavy atom. The third-order valence-corrected chi connectivity index (χ3v) is 5.64. The SMILES string of the molecule is CC(C)(C)OC(=O)N1CCC[C@@H]2C[C@H](NC3CCOCC3)CC[C@H]21. The smallest absolute Gasteiger partial charge is 0.410 e. The van der Waals surface area contributed by atoms with E-state index in [1.54, 1.807) is 0 Å². The molecule has 138 valence electrons. The maximum atomic E-state index is 12.5. The Bertz CT molecular complexity index is 429. The van der Waals surface area contributed by atoms with Gasteiger partial charge in [0, 0.05) is 37.9 Å². The Balaban J connectivity index is 1.54. The number of carbonyl (C=O) groups is 1. The van der Waals surface area contributed by atoms with Crippen LogP contribution in [0.2, 0.25) is 0 Å². The maximum Gasteiger partial charge on any atom is 0.410 e. The molecule has 0 spiro atoms. The van der Waals surface area contributed by atoms with Crippen molar-refractivity contribution in [3.8, 4) is 0 Å². The van der Waals surface area contributed by atoms with E-state index in [9.17, 15) is 4.79 Å². The average molecular weight is 338 g/mol. The van der Waals surface area contributed by atoms with Gasteiger partial charge in [0.1, 0.15) is 5.60 Å². The molecule has 5 heteroatoms. The predicted molar refractivity (Wildman–Crippen MR) is 94.1 cm³/mol. The average Bonchev–Trinajstić information content (AvgIpc) is 2.53. The van der Waals surface area contributed by atoms with Gasteiger partial charge >= 0.3 is 6.09 Å². The van der Waals surface area contributed by atoms with Gasteiger partial charge in [-0.05, 0) is 71.6 Å². The van der Waals surface area contributed by atoms with Gasteiger partial charge in [0.25, 0.3) is 0 Å². The molecular formula is C19H34N2O3. The zero-order valence-corrected chi connectivity index (χ0v) is 15.6. The summed E-state index contributed by atoms with van der Waals surface area (Å²) in [5, 5.41) is 3.86. The van der Waals surface area contributed by atoms with E-state index in [0.717, 1.165) is 51.9 Å². The van der Waals surface area contributed by atoms with Crippen LogP contribution in [0.3, 0.4) is 0 Å². The summed E-state index contributed by atoms with van der Waals surface area (Å²) in [5.74, 6) is 0.623. The van der Waals surface area contributed by atoms with Crippen LogP contribution in [-0.4, -0.2) is 54.5 Å². The minimum Gasteiger partial charge on any atom is -0.444 e. The summed E-state index contributed by atoms with van der Waals surface area (Å²) in [5.41, 5.74) is -0.411. The van der Waals surface area contributed by atoms with Crippen molar-refractivity contribution in [2.24, 2.45) is 5.92 Å². The molecule has 0 radical (unpaired) electrons. The molecular weight excluding hydrogens is 304 g/mol. The second kappa shape index (κ2) is 7.61. The number of nitrogens with zero attached hydrogens (tertiary/aromatic N) is 1. The van der Waals surface area contributed by atoms with Crippen molar-refractivity contribution in [1.82, 2.24) is 10.2 Å². The van der Waals surface area contributed by atoms with Gasteiger partial charge in [-0.15, -0.1) is 0 Å². The van der Waals surface area contributed by atoms with Crippen LogP contribution in [-0.2, 0) is 9.47 Å². The summed E-state index contributed by atoms with van der Waals surface area (Å²) in [6.07, 6.45) is 7.96. The van der Waals surface area contributed by atoms with Gasteiger partial charge in [-0.2, -0.15) is 0 Å². The molecule has 1 amide bonds. The normalized spacial score (nSPS) is 32.3. The van der Waals surface area contributed by atoms with Crippen molar-refractivity contribution in [3.63, 3.8) is 0 Å². The molecule has 0 unspecified atom stereocenters. The number of hydrogen-bond acceptors (Lipinski definition) is 4. The minimum atomic E-state index is -0.411. The molecule has 0 bridgehead atoms. The molecule has 3 aliphatic rings. The van der Waals surface area contributed by atoms with Crippen molar-refractivity contribution < 1.29 is 14.3 Å². The molecule has 1 aliphatic carbocycles. The highest BCUT2D eigenvalue weighted by atomic mass is 16.6. The van der Waals surface area contributed by atoms with Gasteiger partial charge in [-0.25, -0.2) is 4.79 Å². The molecule has 2 heterocycles. The first-order chi connectivity index (χ1) is 11.4. The summed E-state index contributed by atoms with van der Waals surface area (Å²) in [4.78, 5) is 14.6. The van der Waals surface area contributed by atoms with Crippen molar-refractivity contribution in [1.29, 1.82) is 0 Å². The van der Waals surface area contributed by atoms with Crippen molar-refractivity contribution >= 4 is 6.09 Å². The van der Waals surface area contributed by atoms with Crippen LogP contribution in [0.25, 0.3) is 0 Å². The number of nitrogens with one attached hydrogen (secondary N) is 1. The lowest BCUT2D eigenvalue weighted by Gasteiger charge is -2.46. The van der Waals surface area contributed by atoms with E-state index in [4.69, 9.17) is 9.47 Å². The summed E-state index contributed by atoms with van der Waals surface area (Å²) >= 11 is 0. The lowest BCUT2D eigenvalue weighted by Crippen LogP contribution is -2.55. The number of piperidine rings is 1. The molecule has 1 N–H and O–H groups in total. The Morgan fingerprint density at radius 1 is 1.08 bits per heavy atom. The standard InChI is InChI=1S/C19H34N2O3/c1-19(2,3)24-18(22)21-10-4-5-14-13-16(6-7-17(14)21)20-15-8-11-23-12-9-15/h14-17,20H,4-13H2,1-3H3/t14-,16-,17-/m1/s1. The monoisotopic (exact) mass is 338 g/mol. The Labute approximate surface area is 146 Å². The molecule has 0 aromatic rings. The number of fused-ring (bicyclic) bond motifs is 1. The van der Waals surface area contributed by atoms with Crippen LogP contribution in [0.1, 0.15) is 65.7 Å². The Hall–Kier alpha value is -0.810. The number of carbonyl (C=O) groups excluding carboxylic acids is 1. The molecule has 0 aromatic carbocycles. The Kier molecular flexibility index (Phi) is 5.70. The quantitative estimate of drug-likeness (QED) is 0.839. The molecule has 3 rings (SSSR count). The third-order valence-electron chi connectivity index (χ3n) is 5.64. The van der Waals surface area contributed by atoms with Crippen LogP contribution < -0.4 is 5.32 Å². The van der Waals surface area contributed by atoms with E-state index in [0.29, 0.717) is 24.0 Å². The Morgan fingerprint density at radius 3 is 2.54 bits per heavy atom. The zero-order chi connectivity index (χ0) is 17.2. The van der Waals surface area contributed by atoms with E-state index in [1.165, 1.54) is 12.8 Å². The highest BCUT2D eigenvalue weighted by Crippen LogP contribution is 2.36. The van der Waals surface area contributed by atoms with Gasteiger partial charge in [0.05, 0.1) is 0 Å². The fourth-order valence-corrected chi connectivity index (χ4v) is 4.55. The van der Waals surface area contributed by atoms with Crippen LogP contribution in [0.4, 0.5) is 4.79 Å². The first-order valence-corrected chi connectivity index (χ1v) is 9.76. The molecule has 24 heavy (non-hydrogen) atoms. The molecule has 0 aromatic heterocycles. The zero-order valence-electron chi connectivity index (χ0n) is 15.6. The lowest BCUT2D eigenvalue weighted by atomic mass is 9.76. The van der Waals surface area contributed by atoms with E-state index >= 15 is 0 Å². The molecule has 1 saturated carbocycles. The largest absolute Gasteiger partial charge is 0.444 e. The van der Waals surface area contributed by atoms with Crippen LogP contribution in [0.15, 0.2) is 0 Å². The van der Waals surface area contributed by atoms with Crippen molar-refractivity contribution in [2.45, 2.75) is 89.4 Å². The molecule has 5 nitrogen and oxygen atoms in total. The summed E-state index contributed by atoms with van der Waals surface area (Å²) in [6, 6.07) is 1.60. The van der Waals surface area contributed by atoms with E-state index < -0.39 is 5.60 Å². The fourth-order valence-electron chi connectivity index (χ4n) is 4.55.